The van der Waals surface area contributed by atoms with E-state index in [1.807, 2.05) is 13.8 Å². The largest absolute Gasteiger partial charge is 0.370 e. The van der Waals surface area contributed by atoms with Crippen molar-refractivity contribution in [3.63, 3.8) is 0 Å². The summed E-state index contributed by atoms with van der Waals surface area (Å²) in [7, 11) is 1.60. The van der Waals surface area contributed by atoms with E-state index in [4.69, 9.17) is 23.7 Å². The molecule has 2 saturated heterocycles. The monoisotopic (exact) mass is 218 g/mol. The van der Waals surface area contributed by atoms with E-state index in [1.54, 1.807) is 7.11 Å². The summed E-state index contributed by atoms with van der Waals surface area (Å²) >= 11 is 0. The molecule has 0 saturated carbocycles. The molecular formula is C10H18O5. The van der Waals surface area contributed by atoms with Crippen LogP contribution < -0.4 is 0 Å². The Balaban J connectivity index is 1.87. The van der Waals surface area contributed by atoms with Crippen molar-refractivity contribution < 1.29 is 23.7 Å². The van der Waals surface area contributed by atoms with Gasteiger partial charge in [0, 0.05) is 7.11 Å². The van der Waals surface area contributed by atoms with E-state index < -0.39 is 5.79 Å². The van der Waals surface area contributed by atoms with Gasteiger partial charge in [0.2, 0.25) is 0 Å². The maximum absolute atomic E-state index is 5.73. The first kappa shape index (κ1) is 11.3. The molecule has 0 unspecified atom stereocenters. The summed E-state index contributed by atoms with van der Waals surface area (Å²) < 4.78 is 26.9. The standard InChI is InChI=1S/C10H18O5/c1-10(2)14-5-8(15-10)9(7-4-12-7)13-6-11-3/h7-9H,4-6H2,1-3H3/t7-,8+,9-/m0/s1. The minimum Gasteiger partial charge on any atom is -0.370 e. The second-order valence-electron chi connectivity index (χ2n) is 4.28. The maximum Gasteiger partial charge on any atom is 0.163 e. The van der Waals surface area contributed by atoms with Crippen LogP contribution in [0.5, 0.6) is 0 Å². The molecule has 0 spiro atoms. The van der Waals surface area contributed by atoms with Crippen LogP contribution in [0.4, 0.5) is 0 Å². The number of hydrogen-bond donors (Lipinski definition) is 0. The molecule has 2 aliphatic heterocycles. The van der Waals surface area contributed by atoms with E-state index >= 15 is 0 Å². The van der Waals surface area contributed by atoms with Gasteiger partial charge in [-0.3, -0.25) is 0 Å². The second kappa shape index (κ2) is 4.35. The lowest BCUT2D eigenvalue weighted by Crippen LogP contribution is -2.37. The summed E-state index contributed by atoms with van der Waals surface area (Å²) in [5, 5.41) is 0. The van der Waals surface area contributed by atoms with Crippen molar-refractivity contribution in [3.8, 4) is 0 Å². The highest BCUT2D eigenvalue weighted by atomic mass is 16.8. The van der Waals surface area contributed by atoms with Gasteiger partial charge in [0.25, 0.3) is 0 Å². The molecule has 2 aliphatic rings. The summed E-state index contributed by atoms with van der Waals surface area (Å²) in [6.45, 7) is 5.32. The predicted octanol–water partition coefficient (Wildman–Crippen LogP) is 0.526. The molecule has 2 rings (SSSR count). The first-order valence-electron chi connectivity index (χ1n) is 5.16. The van der Waals surface area contributed by atoms with Crippen LogP contribution in [0, 0.1) is 0 Å². The minimum atomic E-state index is -0.520. The number of rotatable bonds is 5. The van der Waals surface area contributed by atoms with Crippen molar-refractivity contribution in [3.05, 3.63) is 0 Å². The summed E-state index contributed by atoms with van der Waals surface area (Å²) in [5.74, 6) is -0.520. The third kappa shape index (κ3) is 2.89. The molecule has 0 aromatic carbocycles. The van der Waals surface area contributed by atoms with Crippen LogP contribution in [0.15, 0.2) is 0 Å². The SMILES string of the molecule is COCO[C@@H]([C@@H]1CO1)[C@H]1COC(C)(C)O1. The van der Waals surface area contributed by atoms with Crippen LogP contribution in [0.25, 0.3) is 0 Å². The first-order valence-corrected chi connectivity index (χ1v) is 5.16. The molecule has 2 heterocycles. The average molecular weight is 218 g/mol. The molecule has 5 heteroatoms. The third-order valence-electron chi connectivity index (χ3n) is 2.50. The van der Waals surface area contributed by atoms with Crippen LogP contribution in [-0.4, -0.2) is 51.2 Å². The van der Waals surface area contributed by atoms with Gasteiger partial charge in [-0.15, -0.1) is 0 Å². The van der Waals surface area contributed by atoms with E-state index in [2.05, 4.69) is 0 Å². The van der Waals surface area contributed by atoms with E-state index in [9.17, 15) is 0 Å². The molecule has 15 heavy (non-hydrogen) atoms. The maximum atomic E-state index is 5.73. The van der Waals surface area contributed by atoms with Gasteiger partial charge in [-0.05, 0) is 13.8 Å². The van der Waals surface area contributed by atoms with Gasteiger partial charge < -0.3 is 23.7 Å². The summed E-state index contributed by atoms with van der Waals surface area (Å²) in [5.41, 5.74) is 0. The van der Waals surface area contributed by atoms with Crippen LogP contribution >= 0.6 is 0 Å². The molecule has 5 nitrogen and oxygen atoms in total. The fraction of sp³-hybridized carbons (Fsp3) is 1.00. The quantitative estimate of drug-likeness (QED) is 0.497. The summed E-state index contributed by atoms with van der Waals surface area (Å²) in [6, 6.07) is 0. The number of hydrogen-bond acceptors (Lipinski definition) is 5. The van der Waals surface area contributed by atoms with E-state index in [0.717, 1.165) is 6.61 Å². The van der Waals surface area contributed by atoms with Crippen molar-refractivity contribution in [1.29, 1.82) is 0 Å². The number of ether oxygens (including phenoxy) is 5. The first-order chi connectivity index (χ1) is 7.12. The highest BCUT2D eigenvalue weighted by Crippen LogP contribution is 2.30. The molecule has 0 radical (unpaired) electrons. The van der Waals surface area contributed by atoms with Gasteiger partial charge in [-0.25, -0.2) is 0 Å². The molecule has 0 N–H and O–H groups in total. The Bertz CT molecular complexity index is 214. The molecule has 0 aliphatic carbocycles. The molecule has 0 bridgehead atoms. The van der Waals surface area contributed by atoms with Crippen molar-refractivity contribution in [1.82, 2.24) is 0 Å². The van der Waals surface area contributed by atoms with Crippen LogP contribution in [0.3, 0.4) is 0 Å². The lowest BCUT2D eigenvalue weighted by atomic mass is 10.1. The highest BCUT2D eigenvalue weighted by Gasteiger charge is 2.45. The van der Waals surface area contributed by atoms with Crippen LogP contribution in [0.1, 0.15) is 13.8 Å². The Labute approximate surface area is 89.6 Å². The van der Waals surface area contributed by atoms with Gasteiger partial charge in [-0.2, -0.15) is 0 Å². The van der Waals surface area contributed by atoms with Crippen LogP contribution in [-0.2, 0) is 23.7 Å². The van der Waals surface area contributed by atoms with Gasteiger partial charge >= 0.3 is 0 Å². The molecule has 2 fully saturated rings. The van der Waals surface area contributed by atoms with Crippen molar-refractivity contribution in [2.24, 2.45) is 0 Å². The van der Waals surface area contributed by atoms with Gasteiger partial charge in [0.1, 0.15) is 25.1 Å². The van der Waals surface area contributed by atoms with Crippen molar-refractivity contribution in [2.75, 3.05) is 27.1 Å². The Morgan fingerprint density at radius 2 is 2.07 bits per heavy atom. The summed E-state index contributed by atoms with van der Waals surface area (Å²) in [4.78, 5) is 0. The van der Waals surface area contributed by atoms with Gasteiger partial charge in [-0.1, -0.05) is 0 Å². The minimum absolute atomic E-state index is 0.0670. The lowest BCUT2D eigenvalue weighted by Gasteiger charge is -2.22. The predicted molar refractivity (Wildman–Crippen MR) is 51.4 cm³/mol. The Morgan fingerprint density at radius 1 is 1.33 bits per heavy atom. The smallest absolute Gasteiger partial charge is 0.163 e. The molecule has 0 aromatic rings. The topological polar surface area (TPSA) is 49.5 Å². The molecule has 0 aromatic heterocycles. The number of methoxy groups -OCH3 is 1. The normalized spacial score (nSPS) is 35.4. The fourth-order valence-corrected chi connectivity index (χ4v) is 1.72. The van der Waals surface area contributed by atoms with E-state index in [-0.39, 0.29) is 25.1 Å². The average Bonchev–Trinajstić information content (AvgIpc) is 2.93. The zero-order valence-electron chi connectivity index (χ0n) is 9.39. The zero-order valence-corrected chi connectivity index (χ0v) is 9.39. The Morgan fingerprint density at radius 3 is 2.53 bits per heavy atom. The summed E-state index contributed by atoms with van der Waals surface area (Å²) in [6.07, 6.45) is -0.0305. The highest BCUT2D eigenvalue weighted by molar-refractivity contribution is 4.89. The molecule has 3 atom stereocenters. The molecular weight excluding hydrogens is 200 g/mol. The lowest BCUT2D eigenvalue weighted by molar-refractivity contribution is -0.172. The molecule has 88 valence electrons. The van der Waals surface area contributed by atoms with Gasteiger partial charge in [0.05, 0.1) is 13.2 Å². The third-order valence-corrected chi connectivity index (χ3v) is 2.50. The fourth-order valence-electron chi connectivity index (χ4n) is 1.72. The zero-order chi connectivity index (χ0) is 10.9. The second-order valence-corrected chi connectivity index (χ2v) is 4.28. The van der Waals surface area contributed by atoms with Gasteiger partial charge in [0.15, 0.2) is 5.79 Å². The van der Waals surface area contributed by atoms with E-state index in [0.29, 0.717) is 6.61 Å². The van der Waals surface area contributed by atoms with Crippen molar-refractivity contribution in [2.45, 2.75) is 37.9 Å². The Kier molecular flexibility index (Phi) is 3.27. The Hall–Kier alpha value is -0.200. The molecule has 0 amide bonds. The number of epoxide rings is 1. The van der Waals surface area contributed by atoms with E-state index in [1.165, 1.54) is 0 Å². The van der Waals surface area contributed by atoms with Crippen LogP contribution in [0.2, 0.25) is 0 Å². The van der Waals surface area contributed by atoms with Crippen molar-refractivity contribution >= 4 is 0 Å².